The van der Waals surface area contributed by atoms with Crippen molar-refractivity contribution >= 4 is 6.29 Å². The Balaban J connectivity index is 3.12. The molecule has 0 N–H and O–H groups in total. The van der Waals surface area contributed by atoms with Crippen molar-refractivity contribution in [3.63, 3.8) is 0 Å². The summed E-state index contributed by atoms with van der Waals surface area (Å²) in [4.78, 5) is 10.4. The van der Waals surface area contributed by atoms with Crippen LogP contribution in [0.4, 0.5) is 0 Å². The van der Waals surface area contributed by atoms with Gasteiger partial charge in [0.15, 0.2) is 0 Å². The maximum absolute atomic E-state index is 10.4. The van der Waals surface area contributed by atoms with Crippen LogP contribution >= 0.6 is 0 Å². The first-order valence-electron chi connectivity index (χ1n) is 4.26. The summed E-state index contributed by atoms with van der Waals surface area (Å²) in [6.45, 7) is 3.97. The summed E-state index contributed by atoms with van der Waals surface area (Å²) in [6.07, 6.45) is 1.41. The van der Waals surface area contributed by atoms with Crippen molar-refractivity contribution in [1.29, 1.82) is 0 Å². The van der Waals surface area contributed by atoms with E-state index >= 15 is 0 Å². The Hall–Kier alpha value is -1.31. The van der Waals surface area contributed by atoms with Crippen molar-refractivity contribution in [2.75, 3.05) is 7.11 Å². The van der Waals surface area contributed by atoms with Gasteiger partial charge in [-0.3, -0.25) is 0 Å². The molecule has 0 aliphatic rings. The van der Waals surface area contributed by atoms with E-state index in [2.05, 4.69) is 0 Å². The van der Waals surface area contributed by atoms with Crippen molar-refractivity contribution < 1.29 is 9.53 Å². The number of aryl methyl sites for hydroxylation is 2. The van der Waals surface area contributed by atoms with Crippen LogP contribution in [0.1, 0.15) is 16.7 Å². The molecule has 2 heteroatoms. The maximum atomic E-state index is 10.4. The van der Waals surface area contributed by atoms with Crippen LogP contribution in [0.3, 0.4) is 0 Å². The lowest BCUT2D eigenvalue weighted by molar-refractivity contribution is -0.107. The lowest BCUT2D eigenvalue weighted by Gasteiger charge is -2.08. The Bertz CT molecular complexity index is 316. The van der Waals surface area contributed by atoms with Crippen LogP contribution in [0.15, 0.2) is 12.1 Å². The van der Waals surface area contributed by atoms with E-state index < -0.39 is 0 Å². The van der Waals surface area contributed by atoms with Crippen LogP contribution in [0.2, 0.25) is 0 Å². The second-order valence-electron chi connectivity index (χ2n) is 3.12. The molecule has 0 bridgehead atoms. The lowest BCUT2D eigenvalue weighted by atomic mass is 10.0. The molecule has 1 rings (SSSR count). The van der Waals surface area contributed by atoms with Gasteiger partial charge in [0, 0.05) is 6.42 Å². The third-order valence-electron chi connectivity index (χ3n) is 2.16. The Morgan fingerprint density at radius 1 is 1.31 bits per heavy atom. The monoisotopic (exact) mass is 178 g/mol. The van der Waals surface area contributed by atoms with Gasteiger partial charge in [0.1, 0.15) is 12.0 Å². The second-order valence-corrected chi connectivity index (χ2v) is 3.12. The fourth-order valence-corrected chi connectivity index (χ4v) is 1.38. The first-order chi connectivity index (χ1) is 6.19. The zero-order valence-electron chi connectivity index (χ0n) is 8.26. The summed E-state index contributed by atoms with van der Waals surface area (Å²) < 4.78 is 5.17. The van der Waals surface area contributed by atoms with E-state index in [1.54, 1.807) is 7.11 Å². The third kappa shape index (κ3) is 2.08. The first kappa shape index (κ1) is 9.78. The highest BCUT2D eigenvalue weighted by atomic mass is 16.5. The Morgan fingerprint density at radius 2 is 2.00 bits per heavy atom. The van der Waals surface area contributed by atoms with Crippen molar-refractivity contribution in [2.24, 2.45) is 0 Å². The van der Waals surface area contributed by atoms with Gasteiger partial charge in [-0.1, -0.05) is 6.07 Å². The predicted molar refractivity (Wildman–Crippen MR) is 52.2 cm³/mol. The topological polar surface area (TPSA) is 26.3 Å². The van der Waals surface area contributed by atoms with Gasteiger partial charge >= 0.3 is 0 Å². The normalized spacial score (nSPS) is 9.77. The highest BCUT2D eigenvalue weighted by Gasteiger charge is 2.03. The number of methoxy groups -OCH3 is 1. The van der Waals surface area contributed by atoms with Crippen LogP contribution in [0.5, 0.6) is 5.75 Å². The number of benzene rings is 1. The number of carbonyl (C=O) groups excluding carboxylic acids is 1. The van der Waals surface area contributed by atoms with Gasteiger partial charge in [-0.15, -0.1) is 0 Å². The van der Waals surface area contributed by atoms with Crippen molar-refractivity contribution in [3.8, 4) is 5.75 Å². The van der Waals surface area contributed by atoms with Gasteiger partial charge in [0.05, 0.1) is 7.11 Å². The van der Waals surface area contributed by atoms with Crippen LogP contribution < -0.4 is 4.74 Å². The summed E-state index contributed by atoms with van der Waals surface area (Å²) in [6, 6.07) is 3.97. The number of ether oxygens (including phenoxy) is 1. The molecule has 0 spiro atoms. The minimum absolute atomic E-state index is 0.483. The second kappa shape index (κ2) is 4.08. The smallest absolute Gasteiger partial charge is 0.124 e. The third-order valence-corrected chi connectivity index (χ3v) is 2.16. The Kier molecular flexibility index (Phi) is 3.07. The molecule has 0 aliphatic heterocycles. The number of hydrogen-bond donors (Lipinski definition) is 0. The molecular weight excluding hydrogens is 164 g/mol. The molecule has 2 nitrogen and oxygen atoms in total. The summed E-state index contributed by atoms with van der Waals surface area (Å²) in [5, 5.41) is 0. The molecule has 0 radical (unpaired) electrons. The van der Waals surface area contributed by atoms with Crippen LogP contribution in [-0.2, 0) is 11.2 Å². The van der Waals surface area contributed by atoms with Crippen molar-refractivity contribution in [2.45, 2.75) is 20.3 Å². The van der Waals surface area contributed by atoms with Gasteiger partial charge < -0.3 is 9.53 Å². The van der Waals surface area contributed by atoms with Crippen LogP contribution in [-0.4, -0.2) is 13.4 Å². The van der Waals surface area contributed by atoms with E-state index in [4.69, 9.17) is 4.74 Å². The maximum Gasteiger partial charge on any atom is 0.124 e. The van der Waals surface area contributed by atoms with Crippen molar-refractivity contribution in [3.05, 3.63) is 28.8 Å². The number of rotatable bonds is 3. The average Bonchev–Trinajstić information content (AvgIpc) is 2.11. The molecule has 1 aromatic carbocycles. The molecule has 0 fully saturated rings. The van der Waals surface area contributed by atoms with Gasteiger partial charge in [-0.05, 0) is 36.6 Å². The predicted octanol–water partition coefficient (Wildman–Crippen LogP) is 2.05. The molecule has 0 heterocycles. The summed E-state index contributed by atoms with van der Waals surface area (Å²) in [5.41, 5.74) is 3.26. The van der Waals surface area contributed by atoms with E-state index in [0.717, 1.165) is 28.7 Å². The highest BCUT2D eigenvalue weighted by molar-refractivity contribution is 5.57. The fraction of sp³-hybridized carbons (Fsp3) is 0.364. The summed E-state index contributed by atoms with van der Waals surface area (Å²) in [5.74, 6) is 0.882. The Morgan fingerprint density at radius 3 is 2.54 bits per heavy atom. The van der Waals surface area contributed by atoms with E-state index in [1.165, 1.54) is 0 Å². The van der Waals surface area contributed by atoms with Gasteiger partial charge in [-0.2, -0.15) is 0 Å². The largest absolute Gasteiger partial charge is 0.496 e. The first-order valence-corrected chi connectivity index (χ1v) is 4.26. The number of carbonyl (C=O) groups is 1. The van der Waals surface area contributed by atoms with Crippen LogP contribution in [0, 0.1) is 13.8 Å². The standard InChI is InChI=1S/C11H14O2/c1-8-7-11(13-3)9(2)6-10(8)4-5-12/h5-7H,4H2,1-3H3. The molecule has 0 saturated heterocycles. The van der Waals surface area contributed by atoms with E-state index in [9.17, 15) is 4.79 Å². The highest BCUT2D eigenvalue weighted by Crippen LogP contribution is 2.22. The average molecular weight is 178 g/mol. The molecule has 0 saturated carbocycles. The lowest BCUT2D eigenvalue weighted by Crippen LogP contribution is -1.95. The summed E-state index contributed by atoms with van der Waals surface area (Å²) in [7, 11) is 1.65. The molecule has 0 atom stereocenters. The zero-order valence-corrected chi connectivity index (χ0v) is 8.26. The molecular formula is C11H14O2. The molecule has 0 aliphatic carbocycles. The molecule has 0 amide bonds. The summed E-state index contributed by atoms with van der Waals surface area (Å²) >= 11 is 0. The SMILES string of the molecule is COc1cc(C)c(CC=O)cc1C. The molecule has 0 aromatic heterocycles. The number of hydrogen-bond acceptors (Lipinski definition) is 2. The van der Waals surface area contributed by atoms with E-state index in [0.29, 0.717) is 6.42 Å². The molecule has 1 aromatic rings. The molecule has 70 valence electrons. The van der Waals surface area contributed by atoms with Crippen LogP contribution in [0.25, 0.3) is 0 Å². The molecule has 13 heavy (non-hydrogen) atoms. The Labute approximate surface area is 78.5 Å². The quantitative estimate of drug-likeness (QED) is 0.662. The minimum atomic E-state index is 0.483. The minimum Gasteiger partial charge on any atom is -0.496 e. The van der Waals surface area contributed by atoms with Gasteiger partial charge in [0.25, 0.3) is 0 Å². The van der Waals surface area contributed by atoms with E-state index in [1.807, 2.05) is 26.0 Å². The number of aldehydes is 1. The molecule has 0 unspecified atom stereocenters. The fourth-order valence-electron chi connectivity index (χ4n) is 1.38. The van der Waals surface area contributed by atoms with Gasteiger partial charge in [0.2, 0.25) is 0 Å². The van der Waals surface area contributed by atoms with E-state index in [-0.39, 0.29) is 0 Å². The zero-order chi connectivity index (χ0) is 9.84. The van der Waals surface area contributed by atoms with Crippen molar-refractivity contribution in [1.82, 2.24) is 0 Å². The van der Waals surface area contributed by atoms with Gasteiger partial charge in [-0.25, -0.2) is 0 Å².